The largest absolute Gasteiger partial charge is 0.314 e. The summed E-state index contributed by atoms with van der Waals surface area (Å²) in [6.45, 7) is 11.7. The van der Waals surface area contributed by atoms with Crippen molar-refractivity contribution in [1.29, 1.82) is 0 Å². The molecule has 1 unspecified atom stereocenters. The van der Waals surface area contributed by atoms with Gasteiger partial charge in [-0.05, 0) is 42.4 Å². The van der Waals surface area contributed by atoms with Crippen LogP contribution in [0.4, 0.5) is 0 Å². The van der Waals surface area contributed by atoms with Gasteiger partial charge in [-0.3, -0.25) is 0 Å². The fourth-order valence-electron chi connectivity index (χ4n) is 2.85. The highest BCUT2D eigenvalue weighted by molar-refractivity contribution is 5.36. The molecule has 1 N–H and O–H groups in total. The van der Waals surface area contributed by atoms with E-state index in [2.05, 4.69) is 56.9 Å². The summed E-state index contributed by atoms with van der Waals surface area (Å²) in [5, 5.41) is 3.54. The Kier molecular flexibility index (Phi) is 4.46. The predicted octanol–water partition coefficient (Wildman–Crippen LogP) is 3.91. The standard InChI is InChI=1S/C18H27N/c1-5-18(4,13-19-14(2)3)12-15-9-10-16-7-6-8-17(16)11-15/h5,9-11,14,19H,1,6-8,12-13H2,2-4H3. The van der Waals surface area contributed by atoms with E-state index in [0.29, 0.717) is 6.04 Å². The van der Waals surface area contributed by atoms with Gasteiger partial charge in [-0.2, -0.15) is 0 Å². The lowest BCUT2D eigenvalue weighted by Crippen LogP contribution is -2.35. The predicted molar refractivity (Wildman–Crippen MR) is 83.6 cm³/mol. The van der Waals surface area contributed by atoms with Gasteiger partial charge >= 0.3 is 0 Å². The molecular formula is C18H27N. The first-order chi connectivity index (χ1) is 9.02. The summed E-state index contributed by atoms with van der Waals surface area (Å²) < 4.78 is 0. The molecule has 19 heavy (non-hydrogen) atoms. The van der Waals surface area contributed by atoms with Gasteiger partial charge in [-0.15, -0.1) is 6.58 Å². The molecule has 1 nitrogen and oxygen atoms in total. The molecule has 0 spiro atoms. The minimum atomic E-state index is 0.136. The van der Waals surface area contributed by atoms with Crippen molar-refractivity contribution in [3.05, 3.63) is 47.5 Å². The van der Waals surface area contributed by atoms with Crippen molar-refractivity contribution < 1.29 is 0 Å². The van der Waals surface area contributed by atoms with Crippen molar-refractivity contribution in [2.75, 3.05) is 6.54 Å². The van der Waals surface area contributed by atoms with Crippen LogP contribution in [-0.4, -0.2) is 12.6 Å². The van der Waals surface area contributed by atoms with E-state index in [1.807, 2.05) is 0 Å². The molecule has 1 atom stereocenters. The fraction of sp³-hybridized carbons (Fsp3) is 0.556. The third kappa shape index (κ3) is 3.70. The van der Waals surface area contributed by atoms with Gasteiger partial charge in [0.05, 0.1) is 0 Å². The van der Waals surface area contributed by atoms with Crippen molar-refractivity contribution in [2.24, 2.45) is 5.41 Å². The zero-order chi connectivity index (χ0) is 13.9. The molecule has 1 heteroatoms. The van der Waals surface area contributed by atoms with Crippen molar-refractivity contribution in [3.8, 4) is 0 Å². The topological polar surface area (TPSA) is 12.0 Å². The lowest BCUT2D eigenvalue weighted by atomic mass is 9.83. The minimum absolute atomic E-state index is 0.136. The third-order valence-electron chi connectivity index (χ3n) is 4.18. The van der Waals surface area contributed by atoms with Crippen molar-refractivity contribution >= 4 is 0 Å². The summed E-state index contributed by atoms with van der Waals surface area (Å²) >= 11 is 0. The van der Waals surface area contributed by atoms with Crippen LogP contribution >= 0.6 is 0 Å². The van der Waals surface area contributed by atoms with Gasteiger partial charge in [0.2, 0.25) is 0 Å². The molecule has 0 aromatic heterocycles. The molecule has 0 bridgehead atoms. The first kappa shape index (κ1) is 14.3. The molecule has 0 fully saturated rings. The van der Waals surface area contributed by atoms with Crippen LogP contribution in [0.5, 0.6) is 0 Å². The third-order valence-corrected chi connectivity index (χ3v) is 4.18. The van der Waals surface area contributed by atoms with E-state index in [0.717, 1.165) is 13.0 Å². The number of rotatable bonds is 6. The molecule has 0 amide bonds. The molecule has 0 saturated carbocycles. The monoisotopic (exact) mass is 257 g/mol. The molecule has 2 rings (SSSR count). The van der Waals surface area contributed by atoms with E-state index in [9.17, 15) is 0 Å². The molecular weight excluding hydrogens is 230 g/mol. The summed E-state index contributed by atoms with van der Waals surface area (Å²) in [5.74, 6) is 0. The molecule has 1 aliphatic rings. The fourth-order valence-corrected chi connectivity index (χ4v) is 2.85. The SMILES string of the molecule is C=CC(C)(CNC(C)C)Cc1ccc2c(c1)CCC2. The molecule has 1 aliphatic carbocycles. The van der Waals surface area contributed by atoms with E-state index in [1.54, 1.807) is 11.1 Å². The zero-order valence-electron chi connectivity index (χ0n) is 12.6. The van der Waals surface area contributed by atoms with Gasteiger partial charge in [-0.25, -0.2) is 0 Å². The summed E-state index contributed by atoms with van der Waals surface area (Å²) in [4.78, 5) is 0. The first-order valence-electron chi connectivity index (χ1n) is 7.50. The maximum atomic E-state index is 4.04. The molecule has 1 aromatic rings. The number of aryl methyl sites for hydroxylation is 2. The number of benzene rings is 1. The number of hydrogen-bond donors (Lipinski definition) is 1. The van der Waals surface area contributed by atoms with E-state index < -0.39 is 0 Å². The highest BCUT2D eigenvalue weighted by Gasteiger charge is 2.22. The normalized spacial score (nSPS) is 17.3. The summed E-state index contributed by atoms with van der Waals surface area (Å²) in [6, 6.07) is 7.58. The minimum Gasteiger partial charge on any atom is -0.314 e. The second-order valence-corrected chi connectivity index (χ2v) is 6.53. The van der Waals surface area contributed by atoms with Gasteiger partial charge in [0.15, 0.2) is 0 Å². The van der Waals surface area contributed by atoms with Crippen molar-refractivity contribution in [1.82, 2.24) is 5.32 Å². The Hall–Kier alpha value is -1.08. The number of nitrogens with one attached hydrogen (secondary N) is 1. The second-order valence-electron chi connectivity index (χ2n) is 6.53. The Morgan fingerprint density at radius 1 is 1.32 bits per heavy atom. The van der Waals surface area contributed by atoms with Crippen molar-refractivity contribution in [3.63, 3.8) is 0 Å². The number of hydrogen-bond acceptors (Lipinski definition) is 1. The highest BCUT2D eigenvalue weighted by Crippen LogP contribution is 2.28. The molecule has 0 saturated heterocycles. The second kappa shape index (κ2) is 5.92. The van der Waals surface area contributed by atoms with E-state index in [-0.39, 0.29) is 5.41 Å². The Balaban J connectivity index is 2.07. The Bertz CT molecular complexity index is 447. The van der Waals surface area contributed by atoms with Gasteiger partial charge in [-0.1, -0.05) is 45.0 Å². The van der Waals surface area contributed by atoms with E-state index >= 15 is 0 Å². The summed E-state index contributed by atoms with van der Waals surface area (Å²) in [7, 11) is 0. The van der Waals surface area contributed by atoms with E-state index in [4.69, 9.17) is 0 Å². The van der Waals surface area contributed by atoms with Crippen LogP contribution in [0.3, 0.4) is 0 Å². The lowest BCUT2D eigenvalue weighted by molar-refractivity contribution is 0.373. The van der Waals surface area contributed by atoms with Crippen LogP contribution in [0.15, 0.2) is 30.9 Å². The zero-order valence-corrected chi connectivity index (χ0v) is 12.6. The summed E-state index contributed by atoms with van der Waals surface area (Å²) in [6.07, 6.45) is 7.03. The first-order valence-corrected chi connectivity index (χ1v) is 7.50. The number of fused-ring (bicyclic) bond motifs is 1. The molecule has 0 aliphatic heterocycles. The van der Waals surface area contributed by atoms with Crippen molar-refractivity contribution in [2.45, 2.75) is 52.5 Å². The summed E-state index contributed by atoms with van der Waals surface area (Å²) in [5.41, 5.74) is 4.72. The maximum absolute atomic E-state index is 4.04. The molecule has 104 valence electrons. The Labute approximate surface area is 118 Å². The van der Waals surface area contributed by atoms with Crippen LogP contribution in [-0.2, 0) is 19.3 Å². The highest BCUT2D eigenvalue weighted by atomic mass is 14.9. The van der Waals surface area contributed by atoms with Crippen LogP contribution in [0, 0.1) is 5.41 Å². The van der Waals surface area contributed by atoms with Crippen LogP contribution in [0.25, 0.3) is 0 Å². The maximum Gasteiger partial charge on any atom is 0.00453 e. The Morgan fingerprint density at radius 3 is 2.74 bits per heavy atom. The lowest BCUT2D eigenvalue weighted by Gasteiger charge is -2.28. The Morgan fingerprint density at radius 2 is 2.05 bits per heavy atom. The average Bonchev–Trinajstić information content (AvgIpc) is 2.84. The quantitative estimate of drug-likeness (QED) is 0.762. The van der Waals surface area contributed by atoms with Crippen LogP contribution in [0.1, 0.15) is 43.9 Å². The van der Waals surface area contributed by atoms with Gasteiger partial charge in [0.1, 0.15) is 0 Å². The van der Waals surface area contributed by atoms with Crippen LogP contribution < -0.4 is 5.32 Å². The van der Waals surface area contributed by atoms with Gasteiger partial charge in [0.25, 0.3) is 0 Å². The molecule has 0 radical (unpaired) electrons. The molecule has 1 aromatic carbocycles. The van der Waals surface area contributed by atoms with Crippen LogP contribution in [0.2, 0.25) is 0 Å². The average molecular weight is 257 g/mol. The van der Waals surface area contributed by atoms with E-state index in [1.165, 1.54) is 24.8 Å². The van der Waals surface area contributed by atoms with Gasteiger partial charge < -0.3 is 5.32 Å². The smallest absolute Gasteiger partial charge is 0.00453 e. The van der Waals surface area contributed by atoms with Gasteiger partial charge in [0, 0.05) is 18.0 Å². The molecule has 0 heterocycles.